The summed E-state index contributed by atoms with van der Waals surface area (Å²) in [6.45, 7) is 6.55. The number of carbonyl (C=O) groups excluding carboxylic acids is 1. The first kappa shape index (κ1) is 24.1. The molecule has 2 aromatic carbocycles. The number of aromatic nitrogens is 2. The van der Waals surface area contributed by atoms with Crippen LogP contribution in [0.25, 0.3) is 0 Å². The van der Waals surface area contributed by atoms with E-state index in [4.69, 9.17) is 4.74 Å². The van der Waals surface area contributed by atoms with Crippen molar-refractivity contribution in [1.29, 1.82) is 0 Å². The Hall–Kier alpha value is -3.61. The first-order valence-corrected chi connectivity index (χ1v) is 13.1. The molecule has 2 aliphatic rings. The summed E-state index contributed by atoms with van der Waals surface area (Å²) in [4.78, 5) is 26.6. The zero-order chi connectivity index (χ0) is 24.7. The summed E-state index contributed by atoms with van der Waals surface area (Å²) in [5.74, 6) is 2.67. The van der Waals surface area contributed by atoms with Crippen molar-refractivity contribution in [3.63, 3.8) is 0 Å². The number of carbonyl (C=O) groups is 1. The van der Waals surface area contributed by atoms with Gasteiger partial charge in [-0.25, -0.2) is 9.97 Å². The fraction of sp³-hybridized carbons (Fsp3) is 0.414. The van der Waals surface area contributed by atoms with E-state index in [2.05, 4.69) is 56.3 Å². The van der Waals surface area contributed by atoms with Gasteiger partial charge in [-0.05, 0) is 61.4 Å². The summed E-state index contributed by atoms with van der Waals surface area (Å²) >= 11 is 0. The molecule has 0 aliphatic carbocycles. The van der Waals surface area contributed by atoms with Crippen LogP contribution < -0.4 is 19.9 Å². The fourth-order valence-electron chi connectivity index (χ4n) is 5.02. The summed E-state index contributed by atoms with van der Waals surface area (Å²) in [6.07, 6.45) is 7.60. The van der Waals surface area contributed by atoms with Gasteiger partial charge in [-0.1, -0.05) is 37.3 Å². The molecule has 0 saturated carbocycles. The monoisotopic (exact) mass is 485 g/mol. The molecule has 2 aliphatic heterocycles. The average molecular weight is 486 g/mol. The lowest BCUT2D eigenvalue weighted by molar-refractivity contribution is -0.125. The molecule has 188 valence electrons. The van der Waals surface area contributed by atoms with Crippen LogP contribution in [0, 0.1) is 11.8 Å². The molecule has 5 rings (SSSR count). The maximum absolute atomic E-state index is 13.1. The topological polar surface area (TPSA) is 70.6 Å². The lowest BCUT2D eigenvalue weighted by Gasteiger charge is -2.33. The molecule has 7 nitrogen and oxygen atoms in total. The highest BCUT2D eigenvalue weighted by atomic mass is 16.5. The van der Waals surface area contributed by atoms with Crippen LogP contribution in [-0.2, 0) is 11.3 Å². The maximum atomic E-state index is 13.1. The van der Waals surface area contributed by atoms with Crippen LogP contribution in [0.15, 0.2) is 67.0 Å². The Labute approximate surface area is 213 Å². The van der Waals surface area contributed by atoms with Gasteiger partial charge in [0.15, 0.2) is 5.82 Å². The van der Waals surface area contributed by atoms with Crippen LogP contribution in [0.3, 0.4) is 0 Å². The number of nitrogens with one attached hydrogen (secondary N) is 1. The molecule has 2 fully saturated rings. The summed E-state index contributed by atoms with van der Waals surface area (Å²) in [7, 11) is 0. The van der Waals surface area contributed by atoms with Crippen molar-refractivity contribution < 1.29 is 9.53 Å². The predicted molar refractivity (Wildman–Crippen MR) is 142 cm³/mol. The lowest BCUT2D eigenvalue weighted by atomic mass is 9.97. The Balaban J connectivity index is 1.17. The zero-order valence-electron chi connectivity index (χ0n) is 21.0. The van der Waals surface area contributed by atoms with E-state index in [0.29, 0.717) is 30.5 Å². The van der Waals surface area contributed by atoms with Crippen LogP contribution in [0.5, 0.6) is 11.6 Å². The average Bonchev–Trinajstić information content (AvgIpc) is 2.93. The normalized spacial score (nSPS) is 18.6. The van der Waals surface area contributed by atoms with Crippen molar-refractivity contribution in [3.8, 4) is 11.6 Å². The number of hydrogen-bond acceptors (Lipinski definition) is 6. The number of rotatable bonds is 7. The number of amides is 1. The van der Waals surface area contributed by atoms with Gasteiger partial charge in [-0.2, -0.15) is 0 Å². The number of anilines is 2. The molecule has 0 radical (unpaired) electrons. The Morgan fingerprint density at radius 1 is 0.944 bits per heavy atom. The highest BCUT2D eigenvalue weighted by molar-refractivity contribution is 5.79. The third kappa shape index (κ3) is 5.96. The van der Waals surface area contributed by atoms with E-state index in [1.54, 1.807) is 12.4 Å². The second kappa shape index (κ2) is 11.4. The molecule has 2 saturated heterocycles. The Bertz CT molecular complexity index is 1130. The van der Waals surface area contributed by atoms with Crippen molar-refractivity contribution in [3.05, 3.63) is 72.6 Å². The molecule has 1 atom stereocenters. The first-order valence-electron chi connectivity index (χ1n) is 13.1. The van der Waals surface area contributed by atoms with Crippen LogP contribution in [0.1, 0.15) is 38.2 Å². The third-order valence-corrected chi connectivity index (χ3v) is 7.25. The van der Waals surface area contributed by atoms with Crippen LogP contribution in [0.4, 0.5) is 11.5 Å². The number of benzene rings is 2. The molecular weight excluding hydrogens is 450 g/mol. The smallest absolute Gasteiger partial charge is 0.263 e. The van der Waals surface area contributed by atoms with Crippen LogP contribution >= 0.6 is 0 Å². The minimum atomic E-state index is -0.0973. The molecule has 0 spiro atoms. The second-order valence-electron chi connectivity index (χ2n) is 9.94. The van der Waals surface area contributed by atoms with E-state index >= 15 is 0 Å². The summed E-state index contributed by atoms with van der Waals surface area (Å²) in [5, 5.41) is 3.15. The largest absolute Gasteiger partial charge is 0.436 e. The number of nitrogens with zero attached hydrogens (tertiary/aromatic N) is 4. The maximum Gasteiger partial charge on any atom is 0.263 e. The van der Waals surface area contributed by atoms with Crippen molar-refractivity contribution >= 4 is 17.4 Å². The Morgan fingerprint density at radius 3 is 2.47 bits per heavy atom. The van der Waals surface area contributed by atoms with Gasteiger partial charge < -0.3 is 19.9 Å². The predicted octanol–water partition coefficient (Wildman–Crippen LogP) is 5.04. The summed E-state index contributed by atoms with van der Waals surface area (Å²) in [5.41, 5.74) is 2.40. The van der Waals surface area contributed by atoms with E-state index in [1.165, 1.54) is 18.5 Å². The van der Waals surface area contributed by atoms with E-state index in [9.17, 15) is 4.79 Å². The Kier molecular flexibility index (Phi) is 7.64. The minimum absolute atomic E-state index is 0.0863. The van der Waals surface area contributed by atoms with Gasteiger partial charge in [0.1, 0.15) is 5.75 Å². The molecule has 1 N–H and O–H groups in total. The van der Waals surface area contributed by atoms with Gasteiger partial charge >= 0.3 is 0 Å². The van der Waals surface area contributed by atoms with Crippen LogP contribution in [0.2, 0.25) is 0 Å². The van der Waals surface area contributed by atoms with E-state index in [1.807, 2.05) is 30.3 Å². The number of ether oxygens (including phenoxy) is 1. The van der Waals surface area contributed by atoms with Gasteiger partial charge in [0.2, 0.25) is 5.91 Å². The van der Waals surface area contributed by atoms with E-state index in [-0.39, 0.29) is 11.8 Å². The summed E-state index contributed by atoms with van der Waals surface area (Å²) < 4.78 is 6.00. The summed E-state index contributed by atoms with van der Waals surface area (Å²) in [6, 6.07) is 18.2. The molecule has 3 heterocycles. The Morgan fingerprint density at radius 2 is 1.69 bits per heavy atom. The van der Waals surface area contributed by atoms with Gasteiger partial charge in [0.25, 0.3) is 5.88 Å². The number of piperidine rings is 2. The van der Waals surface area contributed by atoms with E-state index < -0.39 is 0 Å². The molecule has 1 aromatic heterocycles. The second-order valence-corrected chi connectivity index (χ2v) is 9.94. The highest BCUT2D eigenvalue weighted by Crippen LogP contribution is 2.31. The third-order valence-electron chi connectivity index (χ3n) is 7.25. The molecule has 36 heavy (non-hydrogen) atoms. The zero-order valence-corrected chi connectivity index (χ0v) is 21.0. The standard InChI is InChI=1S/C29H35N5O2/c1-22-13-18-33(19-14-22)25-11-9-23(10-12-25)20-32-28(35)24-6-5-17-34(21-24)27-29(31-16-15-30-27)36-26-7-3-2-4-8-26/h2-4,7-12,15-16,22,24H,5-6,13-14,17-21H2,1H3,(H,32,35)/t24-/m1/s1. The van der Waals surface area contributed by atoms with E-state index in [0.717, 1.165) is 44.0 Å². The van der Waals surface area contributed by atoms with Gasteiger partial charge in [0, 0.05) is 50.8 Å². The van der Waals surface area contributed by atoms with Crippen molar-refractivity contribution in [1.82, 2.24) is 15.3 Å². The number of para-hydroxylation sites is 1. The van der Waals surface area contributed by atoms with Crippen LogP contribution in [-0.4, -0.2) is 42.1 Å². The number of hydrogen-bond donors (Lipinski definition) is 1. The van der Waals surface area contributed by atoms with Crippen molar-refractivity contribution in [2.75, 3.05) is 36.0 Å². The van der Waals surface area contributed by atoms with Gasteiger partial charge in [-0.3, -0.25) is 4.79 Å². The van der Waals surface area contributed by atoms with Gasteiger partial charge in [0.05, 0.1) is 5.92 Å². The SMILES string of the molecule is CC1CCN(c2ccc(CNC(=O)[C@@H]3CCCN(c4nccnc4Oc4ccccc4)C3)cc2)CC1. The molecular formula is C29H35N5O2. The quantitative estimate of drug-likeness (QED) is 0.506. The highest BCUT2D eigenvalue weighted by Gasteiger charge is 2.28. The molecule has 0 unspecified atom stereocenters. The fourth-order valence-corrected chi connectivity index (χ4v) is 5.02. The van der Waals surface area contributed by atoms with Gasteiger partial charge in [-0.15, -0.1) is 0 Å². The lowest BCUT2D eigenvalue weighted by Crippen LogP contribution is -2.43. The van der Waals surface area contributed by atoms with Crippen molar-refractivity contribution in [2.45, 2.75) is 39.2 Å². The molecule has 1 amide bonds. The molecule has 3 aromatic rings. The van der Waals surface area contributed by atoms with Crippen molar-refractivity contribution in [2.24, 2.45) is 11.8 Å². The first-order chi connectivity index (χ1) is 17.7. The molecule has 0 bridgehead atoms. The minimum Gasteiger partial charge on any atom is -0.436 e. The molecule has 7 heteroatoms.